The Balaban J connectivity index is 2.00. The highest BCUT2D eigenvalue weighted by Crippen LogP contribution is 2.43. The number of nitrogens with one attached hydrogen (secondary N) is 1. The molecule has 1 saturated heterocycles. The predicted octanol–water partition coefficient (Wildman–Crippen LogP) is 3.13. The Labute approximate surface area is 118 Å². The molecule has 0 aromatic carbocycles. The molecule has 3 nitrogen and oxygen atoms in total. The molecule has 2 rings (SSSR count). The Kier molecular flexibility index (Phi) is 5.67. The van der Waals surface area contributed by atoms with E-state index in [0.717, 1.165) is 19.6 Å². The maximum Gasteiger partial charge on any atom is 0.0727 e. The van der Waals surface area contributed by atoms with Crippen molar-refractivity contribution in [3.63, 3.8) is 0 Å². The quantitative estimate of drug-likeness (QED) is 0.803. The van der Waals surface area contributed by atoms with Crippen LogP contribution in [0.5, 0.6) is 0 Å². The molecule has 3 heteroatoms. The summed E-state index contributed by atoms with van der Waals surface area (Å²) >= 11 is 0. The van der Waals surface area contributed by atoms with Crippen LogP contribution in [0.15, 0.2) is 0 Å². The minimum atomic E-state index is 0.211. The van der Waals surface area contributed by atoms with Crippen LogP contribution in [0, 0.1) is 5.92 Å². The molecular formula is C16H31NO2. The summed E-state index contributed by atoms with van der Waals surface area (Å²) in [4.78, 5) is 0. The van der Waals surface area contributed by atoms with Crippen molar-refractivity contribution in [2.45, 2.75) is 76.5 Å². The van der Waals surface area contributed by atoms with Gasteiger partial charge in [-0.15, -0.1) is 0 Å². The highest BCUT2D eigenvalue weighted by atomic mass is 16.5. The first-order valence-corrected chi connectivity index (χ1v) is 8.17. The van der Waals surface area contributed by atoms with Crippen LogP contribution < -0.4 is 5.32 Å². The van der Waals surface area contributed by atoms with E-state index >= 15 is 0 Å². The van der Waals surface area contributed by atoms with E-state index in [4.69, 9.17) is 9.47 Å². The van der Waals surface area contributed by atoms with Gasteiger partial charge in [-0.2, -0.15) is 0 Å². The zero-order chi connectivity index (χ0) is 13.7. The van der Waals surface area contributed by atoms with Crippen LogP contribution in [0.3, 0.4) is 0 Å². The highest BCUT2D eigenvalue weighted by Gasteiger charge is 2.43. The van der Waals surface area contributed by atoms with Crippen molar-refractivity contribution in [1.82, 2.24) is 5.32 Å². The fourth-order valence-corrected chi connectivity index (χ4v) is 4.15. The van der Waals surface area contributed by atoms with Crippen molar-refractivity contribution >= 4 is 0 Å². The third kappa shape index (κ3) is 3.50. The molecule has 1 saturated carbocycles. The molecule has 0 bridgehead atoms. The molecule has 0 radical (unpaired) electrons. The van der Waals surface area contributed by atoms with Crippen molar-refractivity contribution in [3.05, 3.63) is 0 Å². The molecule has 2 aliphatic rings. The van der Waals surface area contributed by atoms with E-state index < -0.39 is 0 Å². The minimum Gasteiger partial charge on any atom is -0.377 e. The summed E-state index contributed by atoms with van der Waals surface area (Å²) in [7, 11) is 2.09. The lowest BCUT2D eigenvalue weighted by molar-refractivity contribution is -0.108. The zero-order valence-electron chi connectivity index (χ0n) is 12.9. The number of ether oxygens (including phenoxy) is 2. The summed E-state index contributed by atoms with van der Waals surface area (Å²) < 4.78 is 12.1. The lowest BCUT2D eigenvalue weighted by Crippen LogP contribution is -2.50. The van der Waals surface area contributed by atoms with E-state index in [2.05, 4.69) is 26.2 Å². The fraction of sp³-hybridized carbons (Fsp3) is 1.00. The first-order chi connectivity index (χ1) is 9.24. The van der Waals surface area contributed by atoms with Crippen molar-refractivity contribution in [2.75, 3.05) is 20.3 Å². The first kappa shape index (κ1) is 15.3. The van der Waals surface area contributed by atoms with Gasteiger partial charge in [0.15, 0.2) is 0 Å². The van der Waals surface area contributed by atoms with Crippen LogP contribution in [-0.4, -0.2) is 38.0 Å². The molecule has 19 heavy (non-hydrogen) atoms. The van der Waals surface area contributed by atoms with Gasteiger partial charge in [-0.25, -0.2) is 0 Å². The zero-order valence-corrected chi connectivity index (χ0v) is 12.9. The standard InChI is InChI=1S/C16H31NO2/c1-4-14(18-5-2)15(17-3)13-8-11-19-16(12-13)9-6-7-10-16/h13-15,17H,4-12H2,1-3H3. The number of hydrogen-bond acceptors (Lipinski definition) is 3. The van der Waals surface area contributed by atoms with Crippen molar-refractivity contribution < 1.29 is 9.47 Å². The van der Waals surface area contributed by atoms with Gasteiger partial charge < -0.3 is 14.8 Å². The highest BCUT2D eigenvalue weighted by molar-refractivity contribution is 4.95. The second-order valence-corrected chi connectivity index (χ2v) is 6.21. The molecule has 0 amide bonds. The molecule has 3 unspecified atom stereocenters. The summed E-state index contributed by atoms with van der Waals surface area (Å²) in [6.07, 6.45) is 9.06. The summed E-state index contributed by atoms with van der Waals surface area (Å²) in [6.45, 7) is 6.07. The normalized spacial score (nSPS) is 29.5. The van der Waals surface area contributed by atoms with Gasteiger partial charge in [0.25, 0.3) is 0 Å². The lowest BCUT2D eigenvalue weighted by atomic mass is 9.78. The van der Waals surface area contributed by atoms with Gasteiger partial charge in [0, 0.05) is 19.3 Å². The lowest BCUT2D eigenvalue weighted by Gasteiger charge is -2.43. The second kappa shape index (κ2) is 7.05. The Morgan fingerprint density at radius 2 is 2.05 bits per heavy atom. The van der Waals surface area contributed by atoms with Gasteiger partial charge >= 0.3 is 0 Å². The Morgan fingerprint density at radius 3 is 2.63 bits per heavy atom. The van der Waals surface area contributed by atoms with Crippen molar-refractivity contribution in [1.29, 1.82) is 0 Å². The van der Waals surface area contributed by atoms with Crippen molar-refractivity contribution in [2.24, 2.45) is 5.92 Å². The first-order valence-electron chi connectivity index (χ1n) is 8.17. The summed E-state index contributed by atoms with van der Waals surface area (Å²) in [5.41, 5.74) is 0.211. The number of rotatable bonds is 6. The van der Waals surface area contributed by atoms with Crippen LogP contribution in [0.1, 0.15) is 58.8 Å². The summed E-state index contributed by atoms with van der Waals surface area (Å²) in [5, 5.41) is 3.53. The summed E-state index contributed by atoms with van der Waals surface area (Å²) in [6, 6.07) is 0.478. The molecule has 1 N–H and O–H groups in total. The van der Waals surface area contributed by atoms with Crippen LogP contribution in [-0.2, 0) is 9.47 Å². The molecule has 3 atom stereocenters. The maximum atomic E-state index is 6.16. The molecule has 1 aliphatic heterocycles. The molecule has 1 aliphatic carbocycles. The third-order valence-corrected chi connectivity index (χ3v) is 5.07. The van der Waals surface area contributed by atoms with E-state index in [1.165, 1.54) is 38.5 Å². The van der Waals surface area contributed by atoms with Gasteiger partial charge in [-0.05, 0) is 52.0 Å². The van der Waals surface area contributed by atoms with E-state index in [1.54, 1.807) is 0 Å². The second-order valence-electron chi connectivity index (χ2n) is 6.21. The average Bonchev–Trinajstić information content (AvgIpc) is 2.86. The topological polar surface area (TPSA) is 30.5 Å². The van der Waals surface area contributed by atoms with Gasteiger partial charge in [-0.3, -0.25) is 0 Å². The Hall–Kier alpha value is -0.120. The molecular weight excluding hydrogens is 238 g/mol. The van der Waals surface area contributed by atoms with Gasteiger partial charge in [0.1, 0.15) is 0 Å². The molecule has 1 spiro atoms. The van der Waals surface area contributed by atoms with Crippen LogP contribution in [0.4, 0.5) is 0 Å². The molecule has 0 aromatic rings. The SMILES string of the molecule is CCOC(CC)C(NC)C1CCOC2(CCCC2)C1. The Bertz CT molecular complexity index is 263. The monoisotopic (exact) mass is 269 g/mol. The van der Waals surface area contributed by atoms with Crippen LogP contribution in [0.25, 0.3) is 0 Å². The fourth-order valence-electron chi connectivity index (χ4n) is 4.15. The van der Waals surface area contributed by atoms with Crippen LogP contribution in [0.2, 0.25) is 0 Å². The van der Waals surface area contributed by atoms with Crippen LogP contribution >= 0.6 is 0 Å². The van der Waals surface area contributed by atoms with Gasteiger partial charge in [0.05, 0.1) is 11.7 Å². The van der Waals surface area contributed by atoms with Gasteiger partial charge in [-0.1, -0.05) is 19.8 Å². The van der Waals surface area contributed by atoms with E-state index in [9.17, 15) is 0 Å². The number of hydrogen-bond donors (Lipinski definition) is 1. The smallest absolute Gasteiger partial charge is 0.0727 e. The largest absolute Gasteiger partial charge is 0.377 e. The number of likely N-dealkylation sites (N-methyl/N-ethyl adjacent to an activating group) is 1. The Morgan fingerprint density at radius 1 is 1.32 bits per heavy atom. The minimum absolute atomic E-state index is 0.211. The van der Waals surface area contributed by atoms with Gasteiger partial charge in [0.2, 0.25) is 0 Å². The average molecular weight is 269 g/mol. The van der Waals surface area contributed by atoms with E-state index in [1.807, 2.05) is 0 Å². The van der Waals surface area contributed by atoms with E-state index in [-0.39, 0.29) is 5.60 Å². The van der Waals surface area contributed by atoms with Crippen molar-refractivity contribution in [3.8, 4) is 0 Å². The summed E-state index contributed by atoms with van der Waals surface area (Å²) in [5.74, 6) is 0.702. The molecule has 2 fully saturated rings. The predicted molar refractivity (Wildman–Crippen MR) is 78.4 cm³/mol. The molecule has 0 aromatic heterocycles. The maximum absolute atomic E-state index is 6.16. The van der Waals surface area contributed by atoms with E-state index in [0.29, 0.717) is 18.1 Å². The molecule has 1 heterocycles. The molecule has 112 valence electrons. The third-order valence-electron chi connectivity index (χ3n) is 5.07.